The molecule has 0 bridgehead atoms. The van der Waals surface area contributed by atoms with Crippen LogP contribution in [0.1, 0.15) is 27.2 Å². The van der Waals surface area contributed by atoms with Crippen molar-refractivity contribution < 1.29 is 164 Å². The van der Waals surface area contributed by atoms with Gasteiger partial charge in [0, 0.05) is 20.3 Å². The number of aliphatic hydroxyl groups is 19. The van der Waals surface area contributed by atoms with Gasteiger partial charge in [-0.25, -0.2) is 4.79 Å². The lowest BCUT2D eigenvalue weighted by atomic mass is 9.88. The van der Waals surface area contributed by atoms with E-state index in [9.17, 15) is 117 Å². The SMILES string of the molecule is CC(=O)N[C@H]1[C@H](O[C@H]2[C@@H](O)[C@@H](CO)O[C@@H](O[C@@H]([C@H](O)[C@@H](O)CO)[C@H](O)CO)[C@@H]2O)O[C@H](CO)[C@@H](O[C@@H]2O[C@H](CO)[C@H](O)[C@H](O[C@]3(C(=O)O)C[C@H](O)[C@@H](NC(C)=O)[C@H]([C@H](O)[C@H](O)CO)O3)[C@H]2O)[C@@H]1O[C@@H]1O[C@@H](C)[C@@H](O)[C@@H](O)[C@@H]1O. The zero-order valence-corrected chi connectivity index (χ0v) is 41.9. The number of carbonyl (C=O) groups is 3. The maximum atomic E-state index is 13.1. The number of rotatable bonds is 24. The first-order valence-corrected chi connectivity index (χ1v) is 24.5. The van der Waals surface area contributed by atoms with E-state index in [0.717, 1.165) is 13.8 Å². The highest BCUT2D eigenvalue weighted by Gasteiger charge is 2.62. The molecule has 78 heavy (non-hydrogen) atoms. The lowest BCUT2D eigenvalue weighted by Crippen LogP contribution is -2.72. The van der Waals surface area contributed by atoms with Crippen LogP contribution >= 0.6 is 0 Å². The minimum Gasteiger partial charge on any atom is -0.477 e. The van der Waals surface area contributed by atoms with Crippen molar-refractivity contribution in [3.63, 3.8) is 0 Å². The summed E-state index contributed by atoms with van der Waals surface area (Å²) in [5.41, 5.74) is 0. The van der Waals surface area contributed by atoms with Crippen LogP contribution in [-0.2, 0) is 61.8 Å². The van der Waals surface area contributed by atoms with Gasteiger partial charge < -0.3 is 160 Å². The van der Waals surface area contributed by atoms with E-state index in [1.807, 2.05) is 0 Å². The topological polar surface area (TPSA) is 572 Å². The van der Waals surface area contributed by atoms with E-state index in [1.54, 1.807) is 0 Å². The molecular weight excluding hydrogens is 1070 g/mol. The van der Waals surface area contributed by atoms with Gasteiger partial charge in [0.1, 0.15) is 134 Å². The third-order valence-corrected chi connectivity index (χ3v) is 13.8. The highest BCUT2D eigenvalue weighted by molar-refractivity contribution is 5.76. The van der Waals surface area contributed by atoms with Crippen LogP contribution in [0.25, 0.3) is 0 Å². The largest absolute Gasteiger partial charge is 0.477 e. The highest BCUT2D eigenvalue weighted by atomic mass is 16.8. The van der Waals surface area contributed by atoms with E-state index < -0.39 is 247 Å². The van der Waals surface area contributed by atoms with Crippen LogP contribution in [0.5, 0.6) is 0 Å². The second kappa shape index (κ2) is 28.5. The molecule has 30 atom stereocenters. The molecule has 0 unspecified atom stereocenters. The molecule has 5 fully saturated rings. The third-order valence-electron chi connectivity index (χ3n) is 13.8. The fraction of sp³-hybridized carbons (Fsp3) is 0.930. The molecule has 5 aliphatic rings. The van der Waals surface area contributed by atoms with Crippen molar-refractivity contribution in [2.24, 2.45) is 0 Å². The van der Waals surface area contributed by atoms with Crippen LogP contribution in [0, 0.1) is 0 Å². The molecule has 454 valence electrons. The number of carboxylic acid groups (broad SMARTS) is 1. The average molecular weight is 1150 g/mol. The Kier molecular flexibility index (Phi) is 24.1. The summed E-state index contributed by atoms with van der Waals surface area (Å²) in [6.07, 6.45) is -57.7. The van der Waals surface area contributed by atoms with Gasteiger partial charge in [-0.05, 0) is 6.92 Å². The number of aliphatic hydroxyl groups excluding tert-OH is 19. The number of nitrogens with one attached hydrogen (secondary N) is 2. The molecule has 0 aliphatic carbocycles. The zero-order valence-electron chi connectivity index (χ0n) is 41.9. The molecule has 35 nitrogen and oxygen atoms in total. The first-order valence-electron chi connectivity index (χ1n) is 24.5. The van der Waals surface area contributed by atoms with Crippen LogP contribution in [0.3, 0.4) is 0 Å². The van der Waals surface area contributed by atoms with Gasteiger partial charge in [0.25, 0.3) is 5.79 Å². The fourth-order valence-electron chi connectivity index (χ4n) is 9.56. The quantitative estimate of drug-likeness (QED) is 0.0427. The smallest absolute Gasteiger partial charge is 0.364 e. The summed E-state index contributed by atoms with van der Waals surface area (Å²) in [6.45, 7) is -3.76. The van der Waals surface area contributed by atoms with Crippen LogP contribution < -0.4 is 10.6 Å². The molecule has 5 rings (SSSR count). The van der Waals surface area contributed by atoms with Crippen molar-refractivity contribution >= 4 is 17.8 Å². The van der Waals surface area contributed by atoms with Gasteiger partial charge in [0.2, 0.25) is 11.8 Å². The molecule has 0 spiro atoms. The molecule has 5 heterocycles. The minimum absolute atomic E-state index is 0.846. The fourth-order valence-corrected chi connectivity index (χ4v) is 9.56. The normalized spacial score (nSPS) is 43.8. The second-order valence-corrected chi connectivity index (χ2v) is 19.4. The Morgan fingerprint density at radius 2 is 1.04 bits per heavy atom. The van der Waals surface area contributed by atoms with Gasteiger partial charge >= 0.3 is 5.97 Å². The summed E-state index contributed by atoms with van der Waals surface area (Å²) in [7, 11) is 0. The molecule has 0 aromatic rings. The van der Waals surface area contributed by atoms with E-state index in [1.165, 1.54) is 6.92 Å². The van der Waals surface area contributed by atoms with E-state index in [-0.39, 0.29) is 0 Å². The lowest BCUT2D eigenvalue weighted by molar-refractivity contribution is -0.398. The Morgan fingerprint density at radius 3 is 1.58 bits per heavy atom. The van der Waals surface area contributed by atoms with Gasteiger partial charge in [-0.3, -0.25) is 9.59 Å². The maximum absolute atomic E-state index is 13.1. The number of carboxylic acids is 1. The minimum atomic E-state index is -3.26. The zero-order chi connectivity index (χ0) is 58.4. The van der Waals surface area contributed by atoms with Crippen molar-refractivity contribution in [2.75, 3.05) is 39.6 Å². The van der Waals surface area contributed by atoms with Crippen LogP contribution in [-0.4, -0.2) is 343 Å². The number of amides is 2. The lowest BCUT2D eigenvalue weighted by Gasteiger charge is -2.52. The van der Waals surface area contributed by atoms with Crippen LogP contribution in [0.2, 0.25) is 0 Å². The number of carbonyl (C=O) groups excluding carboxylic acids is 2. The summed E-state index contributed by atoms with van der Waals surface area (Å²) in [6, 6.07) is -3.67. The van der Waals surface area contributed by atoms with Crippen molar-refractivity contribution in [2.45, 2.75) is 211 Å². The number of hydrogen-bond donors (Lipinski definition) is 22. The molecule has 5 saturated heterocycles. The Hall–Kier alpha value is -2.75. The predicted octanol–water partition coefficient (Wildman–Crippen LogP) is -13.9. The molecule has 0 saturated carbocycles. The first-order chi connectivity index (χ1) is 36.6. The van der Waals surface area contributed by atoms with E-state index in [0.29, 0.717) is 0 Å². The summed E-state index contributed by atoms with van der Waals surface area (Å²) in [5.74, 6) is -7.19. The molecule has 0 radical (unpaired) electrons. The summed E-state index contributed by atoms with van der Waals surface area (Å²) in [5, 5.41) is 218. The predicted molar refractivity (Wildman–Crippen MR) is 240 cm³/mol. The summed E-state index contributed by atoms with van der Waals surface area (Å²) in [4.78, 5) is 38.4. The van der Waals surface area contributed by atoms with Crippen molar-refractivity contribution in [1.29, 1.82) is 0 Å². The van der Waals surface area contributed by atoms with Crippen LogP contribution in [0.4, 0.5) is 0 Å². The van der Waals surface area contributed by atoms with Crippen molar-refractivity contribution in [3.05, 3.63) is 0 Å². The molecular formula is C43H74N2O33. The van der Waals surface area contributed by atoms with Gasteiger partial charge in [-0.2, -0.15) is 0 Å². The van der Waals surface area contributed by atoms with Gasteiger partial charge in [-0.1, -0.05) is 0 Å². The maximum Gasteiger partial charge on any atom is 0.364 e. The number of hydrogen-bond acceptors (Lipinski definition) is 32. The number of ether oxygens (including phenoxy) is 10. The van der Waals surface area contributed by atoms with Gasteiger partial charge in [0.05, 0.1) is 57.9 Å². The van der Waals surface area contributed by atoms with Gasteiger partial charge in [-0.15, -0.1) is 0 Å². The Bertz CT molecular complexity index is 1900. The van der Waals surface area contributed by atoms with E-state index in [2.05, 4.69) is 10.6 Å². The average Bonchev–Trinajstić information content (AvgIpc) is 3.44. The Labute approximate surface area is 442 Å². The molecule has 2 amide bonds. The molecule has 35 heteroatoms. The van der Waals surface area contributed by atoms with E-state index in [4.69, 9.17) is 47.4 Å². The third kappa shape index (κ3) is 14.5. The molecule has 5 aliphatic heterocycles. The van der Waals surface area contributed by atoms with Crippen molar-refractivity contribution in [1.82, 2.24) is 10.6 Å². The first kappa shape index (κ1) is 66.1. The Morgan fingerprint density at radius 1 is 0.551 bits per heavy atom. The Balaban J connectivity index is 1.57. The molecule has 0 aromatic carbocycles. The van der Waals surface area contributed by atoms with Gasteiger partial charge in [0.15, 0.2) is 25.2 Å². The molecule has 0 aromatic heterocycles. The van der Waals surface area contributed by atoms with E-state index >= 15 is 0 Å². The summed E-state index contributed by atoms with van der Waals surface area (Å²) < 4.78 is 58.2. The second-order valence-electron chi connectivity index (χ2n) is 19.4. The molecule has 22 N–H and O–H groups in total. The highest BCUT2D eigenvalue weighted by Crippen LogP contribution is 2.40. The van der Waals surface area contributed by atoms with Crippen molar-refractivity contribution in [3.8, 4) is 0 Å². The monoisotopic (exact) mass is 1150 g/mol. The standard InChI is InChI=1S/C43H74N2O33/c1-11-23(58)28(63)29(64)39(69-11)75-35-22(45-13(3)53)38(76-36-26(61)18(8-49)70-40(30(36)65)73-32(17(57)7-48)24(59)15(55)5-46)72-20(10-51)33(35)74-41-31(66)37(27(62)19(9-50)71-41)78-43(42(67)68)4-14(54)21(44-12(2)52)34(77-43)25(60)16(56)6-47/h11,14-41,46-51,54-66H,4-10H2,1-3H3,(H,44,52)(H,45,53)(H,67,68)/t11-,14-,15-,16+,17+,18+,19+,20+,21+,22+,23+,24+,25+,26-,27-,28+,29-,30+,31+,32+,33+,34+,35+,36-,37-,38-,39-,40-,41-,43-/m0/s1. The number of aliphatic carboxylic acids is 1. The summed E-state index contributed by atoms with van der Waals surface area (Å²) >= 11 is 0. The van der Waals surface area contributed by atoms with Crippen LogP contribution in [0.15, 0.2) is 0 Å².